The molecule has 0 spiro atoms. The van der Waals surface area contributed by atoms with Crippen LogP contribution in [-0.4, -0.2) is 31.2 Å². The fourth-order valence-corrected chi connectivity index (χ4v) is 0.752. The number of nitrogens with one attached hydrogen (secondary N) is 1. The molecule has 5 heteroatoms. The summed E-state index contributed by atoms with van der Waals surface area (Å²) in [6.07, 6.45) is 0. The van der Waals surface area contributed by atoms with Gasteiger partial charge in [0.05, 0.1) is 7.11 Å². The van der Waals surface area contributed by atoms with Gasteiger partial charge in [0.1, 0.15) is 17.8 Å². The molecule has 0 saturated heterocycles. The van der Waals surface area contributed by atoms with Crippen molar-refractivity contribution >= 4 is 11.9 Å². The van der Waals surface area contributed by atoms with Crippen LogP contribution < -0.4 is 5.32 Å². The van der Waals surface area contributed by atoms with Gasteiger partial charge in [-0.25, -0.2) is 4.79 Å². The first-order valence-electron chi connectivity index (χ1n) is 4.49. The van der Waals surface area contributed by atoms with Gasteiger partial charge in [0, 0.05) is 0 Å². The first-order valence-corrected chi connectivity index (χ1v) is 4.49. The molecule has 5 nitrogen and oxygen atoms in total. The Bertz CT molecular complexity index is 265. The third kappa shape index (κ3) is 6.54. The Labute approximate surface area is 89.4 Å². The zero-order chi connectivity index (χ0) is 12.1. The van der Waals surface area contributed by atoms with E-state index in [-0.39, 0.29) is 12.2 Å². The van der Waals surface area contributed by atoms with Crippen LogP contribution in [0.4, 0.5) is 0 Å². The van der Waals surface area contributed by atoms with Gasteiger partial charge in [-0.3, -0.25) is 4.79 Å². The Kier molecular flexibility index (Phi) is 4.84. The van der Waals surface area contributed by atoms with Gasteiger partial charge in [0.25, 0.3) is 0 Å². The van der Waals surface area contributed by atoms with Crippen molar-refractivity contribution in [2.24, 2.45) is 0 Å². The maximum atomic E-state index is 11.2. The molecule has 15 heavy (non-hydrogen) atoms. The minimum atomic E-state index is -0.599. The normalized spacial score (nSPS) is 10.4. The molecule has 0 aliphatic carbocycles. The highest BCUT2D eigenvalue weighted by molar-refractivity contribution is 5.87. The van der Waals surface area contributed by atoms with Gasteiger partial charge in [-0.2, -0.15) is 0 Å². The molecule has 0 radical (unpaired) electrons. The van der Waals surface area contributed by atoms with Crippen molar-refractivity contribution in [1.29, 1.82) is 0 Å². The maximum Gasteiger partial charge on any atom is 0.353 e. The number of esters is 2. The molecule has 0 saturated carbocycles. The summed E-state index contributed by atoms with van der Waals surface area (Å²) in [7, 11) is 1.24. The maximum absolute atomic E-state index is 11.2. The quantitative estimate of drug-likeness (QED) is 0.549. The molecule has 86 valence electrons. The second-order valence-electron chi connectivity index (χ2n) is 3.91. The molecule has 0 amide bonds. The van der Waals surface area contributed by atoms with Crippen molar-refractivity contribution in [2.45, 2.75) is 26.4 Å². The highest BCUT2D eigenvalue weighted by Gasteiger charge is 2.16. The zero-order valence-corrected chi connectivity index (χ0v) is 9.55. The largest absolute Gasteiger partial charge is 0.464 e. The van der Waals surface area contributed by atoms with Gasteiger partial charge in [0.2, 0.25) is 0 Å². The summed E-state index contributed by atoms with van der Waals surface area (Å²) in [6.45, 7) is 8.59. The van der Waals surface area contributed by atoms with E-state index in [2.05, 4.69) is 16.6 Å². The number of hydrogen-bond donors (Lipinski definition) is 1. The number of methoxy groups -OCH3 is 1. The lowest BCUT2D eigenvalue weighted by molar-refractivity contribution is -0.153. The smallest absolute Gasteiger partial charge is 0.353 e. The van der Waals surface area contributed by atoms with E-state index < -0.39 is 17.5 Å². The minimum Gasteiger partial charge on any atom is -0.464 e. The van der Waals surface area contributed by atoms with Crippen LogP contribution in [0.2, 0.25) is 0 Å². The Morgan fingerprint density at radius 3 is 2.27 bits per heavy atom. The summed E-state index contributed by atoms with van der Waals surface area (Å²) >= 11 is 0. The Balaban J connectivity index is 3.92. The molecular weight excluding hydrogens is 198 g/mol. The van der Waals surface area contributed by atoms with Crippen LogP contribution in [-0.2, 0) is 19.1 Å². The van der Waals surface area contributed by atoms with Crippen molar-refractivity contribution in [3.63, 3.8) is 0 Å². The lowest BCUT2D eigenvalue weighted by atomic mass is 10.2. The van der Waals surface area contributed by atoms with Crippen molar-refractivity contribution < 1.29 is 19.1 Å². The van der Waals surface area contributed by atoms with Gasteiger partial charge in [0.15, 0.2) is 0 Å². The van der Waals surface area contributed by atoms with Crippen LogP contribution >= 0.6 is 0 Å². The van der Waals surface area contributed by atoms with E-state index in [0.29, 0.717) is 0 Å². The molecule has 0 fully saturated rings. The van der Waals surface area contributed by atoms with Gasteiger partial charge in [-0.1, -0.05) is 6.58 Å². The summed E-state index contributed by atoms with van der Waals surface area (Å²) in [5.74, 6) is -1.05. The number of carbonyl (C=O) groups is 2. The van der Waals surface area contributed by atoms with Crippen molar-refractivity contribution in [2.75, 3.05) is 13.7 Å². The molecular formula is C10H17NO4. The second kappa shape index (κ2) is 5.38. The molecule has 0 aromatic carbocycles. The third-order valence-corrected chi connectivity index (χ3v) is 1.30. The molecule has 0 heterocycles. The van der Waals surface area contributed by atoms with E-state index in [1.54, 1.807) is 20.8 Å². The van der Waals surface area contributed by atoms with Crippen LogP contribution in [0.1, 0.15) is 20.8 Å². The fraction of sp³-hybridized carbons (Fsp3) is 0.600. The predicted octanol–water partition coefficient (Wildman–Crippen LogP) is 0.604. The monoisotopic (exact) mass is 215 g/mol. The van der Waals surface area contributed by atoms with E-state index in [0.717, 1.165) is 0 Å². The third-order valence-electron chi connectivity index (χ3n) is 1.30. The minimum absolute atomic E-state index is 0.0309. The summed E-state index contributed by atoms with van der Waals surface area (Å²) in [5, 5.41) is 2.51. The van der Waals surface area contributed by atoms with Crippen LogP contribution in [0, 0.1) is 0 Å². The van der Waals surface area contributed by atoms with Gasteiger partial charge in [-0.05, 0) is 20.8 Å². The van der Waals surface area contributed by atoms with Gasteiger partial charge < -0.3 is 14.8 Å². The van der Waals surface area contributed by atoms with Crippen LogP contribution in [0.5, 0.6) is 0 Å². The lowest BCUT2D eigenvalue weighted by Crippen LogP contribution is -2.32. The van der Waals surface area contributed by atoms with Gasteiger partial charge in [-0.15, -0.1) is 0 Å². The van der Waals surface area contributed by atoms with Crippen molar-refractivity contribution in [3.8, 4) is 0 Å². The summed E-state index contributed by atoms with van der Waals surface area (Å²) < 4.78 is 9.40. The Morgan fingerprint density at radius 2 is 1.87 bits per heavy atom. The Hall–Kier alpha value is -1.52. The van der Waals surface area contributed by atoms with Gasteiger partial charge >= 0.3 is 11.9 Å². The second-order valence-corrected chi connectivity index (χ2v) is 3.91. The van der Waals surface area contributed by atoms with Crippen LogP contribution in [0.25, 0.3) is 0 Å². The topological polar surface area (TPSA) is 64.6 Å². The van der Waals surface area contributed by atoms with E-state index in [9.17, 15) is 9.59 Å². The molecule has 0 aliphatic heterocycles. The Morgan fingerprint density at radius 1 is 1.33 bits per heavy atom. The molecule has 0 atom stereocenters. The molecule has 0 unspecified atom stereocenters. The van der Waals surface area contributed by atoms with E-state index in [1.165, 1.54) is 7.11 Å². The van der Waals surface area contributed by atoms with E-state index in [1.807, 2.05) is 0 Å². The highest BCUT2D eigenvalue weighted by Crippen LogP contribution is 2.06. The highest BCUT2D eigenvalue weighted by atomic mass is 16.6. The molecule has 0 bridgehead atoms. The summed E-state index contributed by atoms with van der Waals surface area (Å²) in [5.41, 5.74) is -0.505. The van der Waals surface area contributed by atoms with Crippen LogP contribution in [0.15, 0.2) is 12.3 Å². The molecule has 1 N–H and O–H groups in total. The number of rotatable bonds is 4. The average molecular weight is 215 g/mol. The molecule has 0 aliphatic rings. The first-order chi connectivity index (χ1) is 6.76. The summed E-state index contributed by atoms with van der Waals surface area (Å²) in [4.78, 5) is 22.1. The van der Waals surface area contributed by atoms with E-state index in [4.69, 9.17) is 4.74 Å². The number of carbonyl (C=O) groups excluding carboxylic acids is 2. The van der Waals surface area contributed by atoms with Crippen LogP contribution in [0.3, 0.4) is 0 Å². The number of ether oxygens (including phenoxy) is 2. The van der Waals surface area contributed by atoms with Crippen molar-refractivity contribution in [1.82, 2.24) is 5.32 Å². The molecule has 0 aromatic rings. The SMILES string of the molecule is C=C(NCC(=O)OC(C)(C)C)C(=O)OC. The zero-order valence-electron chi connectivity index (χ0n) is 9.55. The standard InChI is InChI=1S/C10H17NO4/c1-7(9(13)14-5)11-6-8(12)15-10(2,3)4/h11H,1,6H2,2-5H3. The lowest BCUT2D eigenvalue weighted by Gasteiger charge is -2.19. The van der Waals surface area contributed by atoms with E-state index >= 15 is 0 Å². The number of hydrogen-bond acceptors (Lipinski definition) is 5. The first kappa shape index (κ1) is 13.5. The fourth-order valence-electron chi connectivity index (χ4n) is 0.752. The van der Waals surface area contributed by atoms with Crippen molar-refractivity contribution in [3.05, 3.63) is 12.3 Å². The summed E-state index contributed by atoms with van der Waals surface area (Å²) in [6, 6.07) is 0. The molecule has 0 aromatic heterocycles. The molecule has 0 rings (SSSR count). The predicted molar refractivity (Wildman–Crippen MR) is 55.0 cm³/mol. The average Bonchev–Trinajstić information content (AvgIpc) is 2.10.